The molecule has 2 N–H and O–H groups in total. The van der Waals surface area contributed by atoms with Crippen LogP contribution in [0.1, 0.15) is 46.8 Å². The zero-order valence-electron chi connectivity index (χ0n) is 14.0. The van der Waals surface area contributed by atoms with E-state index in [2.05, 4.69) is 15.9 Å². The number of hydrogen-bond donors (Lipinski definition) is 1. The molecule has 25 heavy (non-hydrogen) atoms. The fraction of sp³-hybridized carbons (Fsp3) is 0.444. The van der Waals surface area contributed by atoms with Crippen molar-refractivity contribution in [2.24, 2.45) is 5.73 Å². The minimum Gasteiger partial charge on any atom is -0.337 e. The molecule has 0 unspecified atom stereocenters. The Morgan fingerprint density at radius 1 is 1.28 bits per heavy atom. The number of halogens is 3. The summed E-state index contributed by atoms with van der Waals surface area (Å²) in [5, 5.41) is 0.937. The third-order valence-electron chi connectivity index (χ3n) is 4.92. The molecule has 2 heterocycles. The highest BCUT2D eigenvalue weighted by Crippen LogP contribution is 2.42. The maximum absolute atomic E-state index is 13.2. The first kappa shape index (κ1) is 20.4. The van der Waals surface area contributed by atoms with Gasteiger partial charge in [0.2, 0.25) is 0 Å². The number of pyridine rings is 1. The number of carbonyl (C=O) groups excluding carboxylic acids is 1. The van der Waals surface area contributed by atoms with Crippen LogP contribution in [0.2, 0.25) is 0 Å². The molecular formula is C18H22BrCl2N3O. The average molecular weight is 447 g/mol. The van der Waals surface area contributed by atoms with Crippen molar-refractivity contribution < 1.29 is 4.79 Å². The molecular weight excluding hydrogens is 425 g/mol. The second kappa shape index (κ2) is 7.78. The summed E-state index contributed by atoms with van der Waals surface area (Å²) in [6, 6.07) is 6.09. The Kier molecular flexibility index (Phi) is 6.36. The SMILES string of the molecule is Cc1c(C2CC2)nc2ccc(Br)cc2c1C(=O)N1CC[C@@H](N)C1.Cl.Cl. The molecule has 1 saturated heterocycles. The number of carbonyl (C=O) groups is 1. The summed E-state index contributed by atoms with van der Waals surface area (Å²) in [6.07, 6.45) is 3.24. The first-order chi connectivity index (χ1) is 11.0. The van der Waals surface area contributed by atoms with Gasteiger partial charge in [0.25, 0.3) is 5.91 Å². The highest BCUT2D eigenvalue weighted by Gasteiger charge is 2.32. The number of benzene rings is 1. The molecule has 1 aromatic carbocycles. The van der Waals surface area contributed by atoms with Gasteiger partial charge in [-0.25, -0.2) is 0 Å². The van der Waals surface area contributed by atoms with Gasteiger partial charge in [-0.3, -0.25) is 9.78 Å². The molecule has 7 heteroatoms. The smallest absolute Gasteiger partial charge is 0.254 e. The summed E-state index contributed by atoms with van der Waals surface area (Å²) in [5.41, 5.74) is 9.86. The Labute approximate surface area is 168 Å². The molecule has 1 atom stereocenters. The minimum atomic E-state index is 0. The largest absolute Gasteiger partial charge is 0.337 e. The molecule has 2 aromatic rings. The van der Waals surface area contributed by atoms with Crippen molar-refractivity contribution in [1.82, 2.24) is 9.88 Å². The molecule has 2 aliphatic rings. The second-order valence-electron chi connectivity index (χ2n) is 6.73. The quantitative estimate of drug-likeness (QED) is 0.751. The minimum absolute atomic E-state index is 0. The maximum Gasteiger partial charge on any atom is 0.254 e. The number of likely N-dealkylation sites (tertiary alicyclic amines) is 1. The molecule has 2 fully saturated rings. The first-order valence-electron chi connectivity index (χ1n) is 8.19. The van der Waals surface area contributed by atoms with E-state index < -0.39 is 0 Å². The summed E-state index contributed by atoms with van der Waals surface area (Å²) in [6.45, 7) is 3.44. The molecule has 0 radical (unpaired) electrons. The van der Waals surface area contributed by atoms with Gasteiger partial charge in [0, 0.05) is 40.6 Å². The zero-order chi connectivity index (χ0) is 16.1. The van der Waals surface area contributed by atoms with Gasteiger partial charge in [0.05, 0.1) is 11.1 Å². The monoisotopic (exact) mass is 445 g/mol. The lowest BCUT2D eigenvalue weighted by molar-refractivity contribution is 0.0792. The third kappa shape index (κ3) is 3.80. The van der Waals surface area contributed by atoms with Gasteiger partial charge in [-0.1, -0.05) is 15.9 Å². The molecule has 1 saturated carbocycles. The predicted molar refractivity (Wildman–Crippen MR) is 109 cm³/mol. The van der Waals surface area contributed by atoms with Crippen LogP contribution in [0.3, 0.4) is 0 Å². The zero-order valence-corrected chi connectivity index (χ0v) is 17.2. The highest BCUT2D eigenvalue weighted by molar-refractivity contribution is 9.10. The van der Waals surface area contributed by atoms with E-state index in [9.17, 15) is 4.79 Å². The number of hydrogen-bond acceptors (Lipinski definition) is 3. The van der Waals surface area contributed by atoms with Crippen molar-refractivity contribution in [3.63, 3.8) is 0 Å². The second-order valence-corrected chi connectivity index (χ2v) is 7.65. The van der Waals surface area contributed by atoms with E-state index in [-0.39, 0.29) is 36.8 Å². The van der Waals surface area contributed by atoms with Crippen molar-refractivity contribution in [3.8, 4) is 0 Å². The lowest BCUT2D eigenvalue weighted by Crippen LogP contribution is -2.32. The standard InChI is InChI=1S/C18H20BrN3O.2ClH/c1-10-16(18(23)22-7-6-13(20)9-22)14-8-12(19)4-5-15(14)21-17(10)11-2-3-11;;/h4-5,8,11,13H,2-3,6-7,9,20H2,1H3;2*1H/t13-;;/m1../s1. The number of rotatable bonds is 2. The fourth-order valence-corrected chi connectivity index (χ4v) is 3.87. The maximum atomic E-state index is 13.2. The van der Waals surface area contributed by atoms with Gasteiger partial charge in [-0.2, -0.15) is 0 Å². The predicted octanol–water partition coefficient (Wildman–Crippen LogP) is 4.20. The van der Waals surface area contributed by atoms with E-state index >= 15 is 0 Å². The lowest BCUT2D eigenvalue weighted by Gasteiger charge is -2.20. The summed E-state index contributed by atoms with van der Waals surface area (Å²) in [5.74, 6) is 0.623. The van der Waals surface area contributed by atoms with Crippen molar-refractivity contribution >= 4 is 57.6 Å². The number of aromatic nitrogens is 1. The van der Waals surface area contributed by atoms with Gasteiger partial charge >= 0.3 is 0 Å². The normalized spacial score (nSPS) is 19.5. The van der Waals surface area contributed by atoms with E-state index in [1.54, 1.807) is 0 Å². The van der Waals surface area contributed by atoms with Crippen LogP contribution in [0.25, 0.3) is 10.9 Å². The van der Waals surface area contributed by atoms with Crippen molar-refractivity contribution in [2.75, 3.05) is 13.1 Å². The summed E-state index contributed by atoms with van der Waals surface area (Å²) in [7, 11) is 0. The van der Waals surface area contributed by atoms with Crippen LogP contribution in [0, 0.1) is 6.92 Å². The number of amides is 1. The van der Waals surface area contributed by atoms with E-state index in [1.807, 2.05) is 30.0 Å². The van der Waals surface area contributed by atoms with Crippen molar-refractivity contribution in [1.29, 1.82) is 0 Å². The summed E-state index contributed by atoms with van der Waals surface area (Å²) in [4.78, 5) is 19.9. The van der Waals surface area contributed by atoms with Crippen molar-refractivity contribution in [2.45, 2.75) is 38.1 Å². The average Bonchev–Trinajstić information content (AvgIpc) is 3.27. The molecule has 1 amide bonds. The fourth-order valence-electron chi connectivity index (χ4n) is 3.51. The Morgan fingerprint density at radius 3 is 2.60 bits per heavy atom. The number of nitrogens with zero attached hydrogens (tertiary/aromatic N) is 2. The topological polar surface area (TPSA) is 59.2 Å². The van der Waals surface area contributed by atoms with E-state index in [1.165, 1.54) is 12.8 Å². The van der Waals surface area contributed by atoms with Gasteiger partial charge in [-0.05, 0) is 49.9 Å². The number of fused-ring (bicyclic) bond motifs is 1. The molecule has 0 bridgehead atoms. The Balaban J connectivity index is 0.00000113. The molecule has 4 nitrogen and oxygen atoms in total. The molecule has 1 aliphatic carbocycles. The van der Waals surface area contributed by atoms with E-state index in [0.29, 0.717) is 12.5 Å². The molecule has 0 spiro atoms. The van der Waals surface area contributed by atoms with E-state index in [4.69, 9.17) is 10.7 Å². The Bertz CT molecular complexity index is 810. The summed E-state index contributed by atoms with van der Waals surface area (Å²) >= 11 is 3.52. The van der Waals surface area contributed by atoms with Crippen LogP contribution in [0.5, 0.6) is 0 Å². The van der Waals surface area contributed by atoms with Crippen LogP contribution >= 0.6 is 40.7 Å². The molecule has 1 aliphatic heterocycles. The molecule has 136 valence electrons. The van der Waals surface area contributed by atoms with Crippen LogP contribution in [0.4, 0.5) is 0 Å². The van der Waals surface area contributed by atoms with Crippen LogP contribution < -0.4 is 5.73 Å². The summed E-state index contributed by atoms with van der Waals surface area (Å²) < 4.78 is 0.970. The number of nitrogens with two attached hydrogens (primary N) is 1. The van der Waals surface area contributed by atoms with Gasteiger partial charge in [0.15, 0.2) is 0 Å². The Hall–Kier alpha value is -0.880. The van der Waals surface area contributed by atoms with Gasteiger partial charge in [0.1, 0.15) is 0 Å². The first-order valence-corrected chi connectivity index (χ1v) is 8.98. The van der Waals surface area contributed by atoms with Crippen LogP contribution in [-0.4, -0.2) is 34.9 Å². The van der Waals surface area contributed by atoms with Gasteiger partial charge in [-0.15, -0.1) is 24.8 Å². The van der Waals surface area contributed by atoms with Crippen molar-refractivity contribution in [3.05, 3.63) is 39.5 Å². The molecule has 4 rings (SSSR count). The van der Waals surface area contributed by atoms with Crippen LogP contribution in [0.15, 0.2) is 22.7 Å². The van der Waals surface area contributed by atoms with Gasteiger partial charge < -0.3 is 10.6 Å². The third-order valence-corrected chi connectivity index (χ3v) is 5.41. The highest BCUT2D eigenvalue weighted by atomic mass is 79.9. The van der Waals surface area contributed by atoms with Crippen LogP contribution in [-0.2, 0) is 0 Å². The Morgan fingerprint density at radius 2 is 2.00 bits per heavy atom. The van der Waals surface area contributed by atoms with E-state index in [0.717, 1.165) is 45.2 Å². The molecule has 1 aromatic heterocycles. The lowest BCUT2D eigenvalue weighted by atomic mass is 9.98.